The van der Waals surface area contributed by atoms with Crippen LogP contribution in [0.25, 0.3) is 11.2 Å². The Morgan fingerprint density at radius 1 is 1.00 bits per heavy atom. The summed E-state index contributed by atoms with van der Waals surface area (Å²) in [6.45, 7) is -5.61. The smallest absolute Gasteiger partial charge is 0.387 e. The van der Waals surface area contributed by atoms with Crippen LogP contribution in [-0.2, 0) is 38.8 Å². The third kappa shape index (κ3) is 10.2. The number of aliphatic hydroxyl groups is 2. The summed E-state index contributed by atoms with van der Waals surface area (Å²) in [5.41, 5.74) is 6.05. The Labute approximate surface area is 250 Å². The van der Waals surface area contributed by atoms with Crippen LogP contribution in [0.2, 0.25) is 0 Å². The van der Waals surface area contributed by atoms with Crippen molar-refractivity contribution in [3.63, 3.8) is 0 Å². The molecule has 4 radical (unpaired) electrons. The molecule has 0 spiro atoms. The van der Waals surface area contributed by atoms with Gasteiger partial charge in [0.15, 0.2) is 17.7 Å². The van der Waals surface area contributed by atoms with Gasteiger partial charge in [-0.05, 0) is 11.8 Å². The maximum absolute atomic E-state index is 11.9. The van der Waals surface area contributed by atoms with E-state index in [9.17, 15) is 29.1 Å². The molecule has 0 bridgehead atoms. The number of rotatable bonds is 8. The molecule has 0 saturated carbocycles. The molecule has 1 saturated heterocycles. The Morgan fingerprint density at radius 3 is 2.17 bits per heavy atom. The Hall–Kier alpha value is 1.45. The summed E-state index contributed by atoms with van der Waals surface area (Å²) in [7, 11) is -10.8. The quantitative estimate of drug-likeness (QED) is 0.127. The summed E-state index contributed by atoms with van der Waals surface area (Å²) in [6, 6.07) is 0. The van der Waals surface area contributed by atoms with Crippen molar-refractivity contribution < 1.29 is 56.8 Å². The van der Waals surface area contributed by atoms with Crippen molar-refractivity contribution in [3.8, 4) is 0 Å². The molecule has 178 valence electrons. The number of phosphoric ester groups is 1. The van der Waals surface area contributed by atoms with Gasteiger partial charge < -0.3 is 40.3 Å². The van der Waals surface area contributed by atoms with Crippen molar-refractivity contribution in [1.82, 2.24) is 19.5 Å². The van der Waals surface area contributed by atoms with Crippen LogP contribution < -0.4 is 5.73 Å². The minimum atomic E-state index is -5.49. The molecule has 25 heteroatoms. The van der Waals surface area contributed by atoms with Gasteiger partial charge in [-0.3, -0.25) is 9.09 Å². The average Bonchev–Trinajstić information content (AvgIpc) is 3.13. The van der Waals surface area contributed by atoms with Crippen LogP contribution in [0.4, 0.5) is 5.82 Å². The molecule has 17 nitrogen and oxygen atoms in total. The number of anilines is 1. The third-order valence-corrected chi connectivity index (χ3v) is 8.22. The van der Waals surface area contributed by atoms with E-state index in [2.05, 4.69) is 39.9 Å². The normalized spacial score (nSPS) is 25.2. The average molecular weight is 551 g/mol. The molecule has 2 aromatic rings. The fourth-order valence-corrected chi connectivity index (χ4v) is 6.41. The molecule has 1 aliphatic heterocycles. The minimum Gasteiger partial charge on any atom is -0.387 e. The summed E-state index contributed by atoms with van der Waals surface area (Å²) in [4.78, 5) is 48.2. The topological polar surface area (TPSA) is 262 Å². The molecule has 0 amide bonds. The molecule has 2 unspecified atom stereocenters. The van der Waals surface area contributed by atoms with E-state index in [0.29, 0.717) is 0 Å². The van der Waals surface area contributed by atoms with Crippen molar-refractivity contribution in [2.24, 2.45) is 0 Å². The van der Waals surface area contributed by atoms with Gasteiger partial charge in [0.2, 0.25) is 0 Å². The Morgan fingerprint density at radius 2 is 1.60 bits per heavy atom. The third-order valence-electron chi connectivity index (χ3n) is 3.82. The van der Waals surface area contributed by atoms with Gasteiger partial charge in [-0.25, -0.2) is 28.4 Å². The van der Waals surface area contributed by atoms with Crippen LogP contribution in [0.5, 0.6) is 0 Å². The zero-order valence-electron chi connectivity index (χ0n) is 18.9. The van der Waals surface area contributed by atoms with Crippen molar-refractivity contribution in [2.75, 3.05) is 12.3 Å². The number of aromatic nitrogens is 4. The van der Waals surface area contributed by atoms with Gasteiger partial charge in [-0.15, -0.1) is 0 Å². The predicted molar refractivity (Wildman–Crippen MR) is 125 cm³/mol. The largest absolute Gasteiger partial charge is 0.488 e. The minimum absolute atomic E-state index is 0. The molecule has 3 rings (SSSR count). The SMILES string of the molecule is Nc1ncnc2c1ncn2[C@@H]1O[C@H](COP(=O)(O)OP(=O)(O)OP(O)(O)=S)[C@@H](O)[C@H]1O.[Li].[Li].[Li].[Li]. The summed E-state index contributed by atoms with van der Waals surface area (Å²) in [5.74, 6) is 0.0574. The monoisotopic (exact) mass is 551 g/mol. The number of nitrogens with two attached hydrogens (primary N) is 1. The molecule has 1 fully saturated rings. The Kier molecular flexibility index (Phi) is 16.2. The fourth-order valence-electron chi connectivity index (χ4n) is 2.62. The first-order valence-electron chi connectivity index (χ1n) is 7.92. The Bertz CT molecular complexity index is 1130. The number of aliphatic hydroxyl groups excluding tert-OH is 2. The second kappa shape index (κ2) is 14.7. The summed E-state index contributed by atoms with van der Waals surface area (Å²) in [5, 5.41) is 20.5. The van der Waals surface area contributed by atoms with Crippen molar-refractivity contribution in [3.05, 3.63) is 12.7 Å². The predicted octanol–water partition coefficient (Wildman–Crippen LogP) is -3.04. The second-order valence-corrected chi connectivity index (χ2v) is 11.9. The van der Waals surface area contributed by atoms with E-state index in [4.69, 9.17) is 20.3 Å². The molecule has 8 N–H and O–H groups in total. The molecule has 3 heterocycles. The van der Waals surface area contributed by atoms with Crippen LogP contribution in [0.15, 0.2) is 12.7 Å². The molecule has 1 aliphatic rings. The molecule has 0 aliphatic carbocycles. The number of nitrogen functional groups attached to an aromatic ring is 1. The van der Waals surface area contributed by atoms with Gasteiger partial charge in [-0.2, -0.15) is 4.31 Å². The van der Waals surface area contributed by atoms with Crippen LogP contribution in [0.1, 0.15) is 6.23 Å². The van der Waals surface area contributed by atoms with Crippen molar-refractivity contribution in [1.29, 1.82) is 0 Å². The van der Waals surface area contributed by atoms with E-state index in [1.165, 1.54) is 10.9 Å². The maximum Gasteiger partial charge on any atom is 0.488 e. The van der Waals surface area contributed by atoms with Crippen molar-refractivity contribution in [2.45, 2.75) is 24.5 Å². The number of hydrogen-bond acceptors (Lipinski definition) is 13. The molecule has 0 aromatic carbocycles. The number of fused-ring (bicyclic) bond motifs is 1. The second-order valence-electron chi connectivity index (χ2n) is 6.02. The number of ether oxygens (including phenoxy) is 1. The van der Waals surface area contributed by atoms with Gasteiger partial charge >= 0.3 is 22.4 Å². The van der Waals surface area contributed by atoms with E-state index in [-0.39, 0.29) is 92.4 Å². The van der Waals surface area contributed by atoms with Gasteiger partial charge in [0.25, 0.3) is 0 Å². The van der Waals surface area contributed by atoms with Crippen molar-refractivity contribution >= 4 is 127 Å². The standard InChI is InChI=1S/C10H16N5O12P3S.4Li/c11-8-5-9(13-2-12-8)15(3-14-5)10-7(17)6(16)4(25-10)1-24-28(18,19)26-29(20,21)27-30(22,23)31;;;;/h2-4,6-7,10,16-17H,1H2,(H,18,19)(H,20,21)(H2,11,12,13)(H2,22,23,31);;;;/t4-,6-,7-,10-;;;;/m1..../s1. The first kappa shape index (κ1) is 38.6. The van der Waals surface area contributed by atoms with E-state index < -0.39 is 53.5 Å². The van der Waals surface area contributed by atoms with Gasteiger partial charge in [0.05, 0.1) is 12.9 Å². The van der Waals surface area contributed by atoms with E-state index in [1.54, 1.807) is 0 Å². The van der Waals surface area contributed by atoms with E-state index >= 15 is 0 Å². The summed E-state index contributed by atoms with van der Waals surface area (Å²) >= 11 is 3.97. The molecular formula is C10H16Li4N5O12P3S. The molecule has 35 heavy (non-hydrogen) atoms. The van der Waals surface area contributed by atoms with E-state index in [1.807, 2.05) is 0 Å². The zero-order chi connectivity index (χ0) is 23.2. The summed E-state index contributed by atoms with van der Waals surface area (Å²) < 4.78 is 42.1. The molecule has 6 atom stereocenters. The number of phosphoric acid groups is 2. The first-order valence-corrected chi connectivity index (χ1v) is 13.5. The fraction of sp³-hybridized carbons (Fsp3) is 0.500. The van der Waals surface area contributed by atoms with Crippen LogP contribution >= 0.6 is 22.4 Å². The van der Waals surface area contributed by atoms with Crippen LogP contribution in [-0.4, -0.2) is 150 Å². The van der Waals surface area contributed by atoms with E-state index in [0.717, 1.165) is 6.33 Å². The maximum atomic E-state index is 11.9. The number of hydrogen-bond donors (Lipinski definition) is 7. The molecule has 2 aromatic heterocycles. The zero-order valence-corrected chi connectivity index (χ0v) is 22.4. The van der Waals surface area contributed by atoms with Gasteiger partial charge in [0, 0.05) is 75.4 Å². The Balaban J connectivity index is 0. The van der Waals surface area contributed by atoms with Gasteiger partial charge in [-0.1, -0.05) is 0 Å². The number of imidazole rings is 1. The first-order chi connectivity index (χ1) is 14.2. The summed E-state index contributed by atoms with van der Waals surface area (Å²) in [6.07, 6.45) is -3.53. The molecular weight excluding hydrogens is 535 g/mol. The number of nitrogens with zero attached hydrogens (tertiary/aromatic N) is 4. The van der Waals surface area contributed by atoms with Crippen LogP contribution in [0.3, 0.4) is 0 Å². The van der Waals surface area contributed by atoms with Crippen LogP contribution in [0, 0.1) is 0 Å². The van der Waals surface area contributed by atoms with Gasteiger partial charge in [0.1, 0.15) is 30.2 Å².